The highest BCUT2D eigenvalue weighted by molar-refractivity contribution is 5.96. The summed E-state index contributed by atoms with van der Waals surface area (Å²) in [5.74, 6) is -7.56. The van der Waals surface area contributed by atoms with Crippen molar-refractivity contribution >= 4 is 52.4 Å². The number of hydrogen-bond donors (Lipinski definition) is 8. The fourth-order valence-corrected chi connectivity index (χ4v) is 4.70. The molecule has 1 aromatic carbocycles. The Labute approximate surface area is 238 Å². The van der Waals surface area contributed by atoms with Crippen LogP contribution in [0.15, 0.2) is 30.5 Å². The first-order chi connectivity index (χ1) is 19.9. The van der Waals surface area contributed by atoms with Crippen LogP contribution in [0.1, 0.15) is 31.2 Å². The van der Waals surface area contributed by atoms with Crippen LogP contribution in [0.4, 0.5) is 0 Å². The second-order valence-corrected chi connectivity index (χ2v) is 9.79. The number of aromatic nitrogens is 1. The molecule has 3 rings (SSSR count). The van der Waals surface area contributed by atoms with E-state index in [1.54, 1.807) is 18.3 Å². The third kappa shape index (κ3) is 8.26. The molecule has 0 aliphatic carbocycles. The number of H-pyrrole nitrogens is 1. The summed E-state index contributed by atoms with van der Waals surface area (Å²) >= 11 is 0. The Morgan fingerprint density at radius 1 is 0.976 bits per heavy atom. The molecule has 4 atom stereocenters. The minimum atomic E-state index is -1.63. The van der Waals surface area contributed by atoms with Crippen LogP contribution in [0.2, 0.25) is 0 Å². The number of para-hydroxylation sites is 1. The highest BCUT2D eigenvalue weighted by atomic mass is 16.4. The molecule has 1 aromatic heterocycles. The van der Waals surface area contributed by atoms with E-state index in [4.69, 9.17) is 10.8 Å². The predicted octanol–water partition coefficient (Wildman–Crippen LogP) is -1.85. The van der Waals surface area contributed by atoms with Gasteiger partial charge in [0, 0.05) is 30.1 Å². The maximum atomic E-state index is 12.9. The lowest BCUT2D eigenvalue weighted by atomic mass is 10.0. The summed E-state index contributed by atoms with van der Waals surface area (Å²) in [7, 11) is 0. The molecule has 42 heavy (non-hydrogen) atoms. The van der Waals surface area contributed by atoms with Gasteiger partial charge in [-0.1, -0.05) is 18.2 Å². The molecule has 0 radical (unpaired) electrons. The first-order valence-electron chi connectivity index (χ1n) is 13.0. The van der Waals surface area contributed by atoms with Crippen molar-refractivity contribution in [1.82, 2.24) is 25.8 Å². The molecule has 16 heteroatoms. The molecule has 2 heterocycles. The van der Waals surface area contributed by atoms with Crippen molar-refractivity contribution in [2.24, 2.45) is 5.73 Å². The first kappa shape index (κ1) is 31.5. The fourth-order valence-electron chi connectivity index (χ4n) is 4.70. The molecule has 2 aromatic rings. The van der Waals surface area contributed by atoms with Crippen LogP contribution in [-0.4, -0.2) is 104 Å². The number of fused-ring (bicyclic) bond motifs is 1. The Bertz CT molecular complexity index is 1370. The molecule has 0 bridgehead atoms. The summed E-state index contributed by atoms with van der Waals surface area (Å²) in [4.78, 5) is 88.9. The van der Waals surface area contributed by atoms with Gasteiger partial charge in [-0.2, -0.15) is 0 Å². The number of carbonyl (C=O) groups excluding carboxylic acids is 4. The Balaban J connectivity index is 1.59. The van der Waals surface area contributed by atoms with Crippen molar-refractivity contribution in [2.75, 3.05) is 13.1 Å². The van der Waals surface area contributed by atoms with E-state index in [-0.39, 0.29) is 19.4 Å². The van der Waals surface area contributed by atoms with E-state index in [2.05, 4.69) is 20.9 Å². The van der Waals surface area contributed by atoms with Gasteiger partial charge in [0.05, 0.1) is 25.4 Å². The number of carbonyl (C=O) groups is 7. The van der Waals surface area contributed by atoms with Gasteiger partial charge in [-0.25, -0.2) is 4.79 Å². The number of amides is 4. The number of nitrogens with one attached hydrogen (secondary N) is 4. The first-order valence-corrected chi connectivity index (χ1v) is 13.0. The molecule has 1 aliphatic rings. The van der Waals surface area contributed by atoms with Crippen molar-refractivity contribution in [3.8, 4) is 0 Å². The number of nitrogens with two attached hydrogens (primary N) is 1. The van der Waals surface area contributed by atoms with Gasteiger partial charge < -0.3 is 46.9 Å². The van der Waals surface area contributed by atoms with Crippen LogP contribution in [0.3, 0.4) is 0 Å². The predicted molar refractivity (Wildman–Crippen MR) is 144 cm³/mol. The lowest BCUT2D eigenvalue weighted by Gasteiger charge is -2.27. The number of carboxylic acid groups (broad SMARTS) is 3. The third-order valence-electron chi connectivity index (χ3n) is 6.72. The Kier molecular flexibility index (Phi) is 10.6. The average molecular weight is 589 g/mol. The van der Waals surface area contributed by atoms with Crippen LogP contribution >= 0.6 is 0 Å². The van der Waals surface area contributed by atoms with Gasteiger partial charge in [-0.3, -0.25) is 28.8 Å². The lowest BCUT2D eigenvalue weighted by molar-refractivity contribution is -0.145. The smallest absolute Gasteiger partial charge is 0.326 e. The van der Waals surface area contributed by atoms with Gasteiger partial charge >= 0.3 is 17.9 Å². The van der Waals surface area contributed by atoms with Crippen molar-refractivity contribution in [3.05, 3.63) is 36.0 Å². The molecule has 0 saturated carbocycles. The monoisotopic (exact) mass is 588 g/mol. The molecular formula is C26H32N6O10. The highest BCUT2D eigenvalue weighted by Gasteiger charge is 2.38. The third-order valence-corrected chi connectivity index (χ3v) is 6.72. The summed E-state index contributed by atoms with van der Waals surface area (Å²) in [6, 6.07) is 1.74. The van der Waals surface area contributed by atoms with Crippen molar-refractivity contribution in [2.45, 2.75) is 56.3 Å². The summed E-state index contributed by atoms with van der Waals surface area (Å²) in [6.07, 6.45) is 0.643. The van der Waals surface area contributed by atoms with Gasteiger partial charge in [0.2, 0.25) is 23.6 Å². The number of carboxylic acids is 3. The number of hydrogen-bond acceptors (Lipinski definition) is 8. The summed E-state index contributed by atoms with van der Waals surface area (Å²) in [5.41, 5.74) is 7.07. The van der Waals surface area contributed by atoms with Crippen LogP contribution in [0.5, 0.6) is 0 Å². The number of benzene rings is 1. The van der Waals surface area contributed by atoms with Crippen LogP contribution < -0.4 is 21.7 Å². The highest BCUT2D eigenvalue weighted by Crippen LogP contribution is 2.20. The molecular weight excluding hydrogens is 556 g/mol. The van der Waals surface area contributed by atoms with E-state index in [0.717, 1.165) is 15.8 Å². The lowest BCUT2D eigenvalue weighted by Crippen LogP contribution is -2.56. The molecule has 16 nitrogen and oxygen atoms in total. The van der Waals surface area contributed by atoms with Gasteiger partial charge in [-0.15, -0.1) is 0 Å². The van der Waals surface area contributed by atoms with E-state index in [1.807, 2.05) is 12.1 Å². The number of aromatic amines is 1. The second kappa shape index (κ2) is 14.1. The summed E-state index contributed by atoms with van der Waals surface area (Å²) < 4.78 is 0. The zero-order valence-electron chi connectivity index (χ0n) is 22.4. The molecule has 0 unspecified atom stereocenters. The minimum Gasteiger partial charge on any atom is -0.481 e. The van der Waals surface area contributed by atoms with Gasteiger partial charge in [-0.05, 0) is 24.5 Å². The van der Waals surface area contributed by atoms with Crippen molar-refractivity contribution in [3.63, 3.8) is 0 Å². The van der Waals surface area contributed by atoms with Gasteiger partial charge in [0.1, 0.15) is 18.1 Å². The molecule has 4 amide bonds. The van der Waals surface area contributed by atoms with Crippen molar-refractivity contribution in [1.29, 1.82) is 0 Å². The zero-order chi connectivity index (χ0) is 31.0. The summed E-state index contributed by atoms with van der Waals surface area (Å²) in [5, 5.41) is 35.3. The van der Waals surface area contributed by atoms with Gasteiger partial charge in [0.25, 0.3) is 0 Å². The Morgan fingerprint density at radius 3 is 2.33 bits per heavy atom. The van der Waals surface area contributed by atoms with Gasteiger partial charge in [0.15, 0.2) is 0 Å². The molecule has 0 spiro atoms. The molecule has 1 fully saturated rings. The molecule has 1 aliphatic heterocycles. The normalized spacial score (nSPS) is 16.7. The Hall–Kier alpha value is -4.99. The fraction of sp³-hybridized carbons (Fsp3) is 0.423. The van der Waals surface area contributed by atoms with E-state index in [0.29, 0.717) is 12.0 Å². The second-order valence-electron chi connectivity index (χ2n) is 9.79. The SMILES string of the molecule is N[C@@H](CC(=O)O)C(=O)N1CCC[C@H]1C(=O)N[C@@H](CC(=O)O)C(=O)NCC(=O)N[C@@H](Cc1c[nH]c2ccccc12)C(=O)O. The number of rotatable bonds is 14. The molecule has 226 valence electrons. The van der Waals surface area contributed by atoms with Crippen molar-refractivity contribution < 1.29 is 48.9 Å². The number of aliphatic carboxylic acids is 3. The maximum absolute atomic E-state index is 12.9. The quantitative estimate of drug-likeness (QED) is 0.121. The van der Waals surface area contributed by atoms with E-state index >= 15 is 0 Å². The largest absolute Gasteiger partial charge is 0.481 e. The maximum Gasteiger partial charge on any atom is 0.326 e. The topological polar surface area (TPSA) is 261 Å². The summed E-state index contributed by atoms with van der Waals surface area (Å²) in [6.45, 7) is -0.593. The molecule has 1 saturated heterocycles. The van der Waals surface area contributed by atoms with E-state index in [9.17, 15) is 43.8 Å². The van der Waals surface area contributed by atoms with E-state index < -0.39 is 85.1 Å². The minimum absolute atomic E-state index is 0.0521. The van der Waals surface area contributed by atoms with E-state index in [1.165, 1.54) is 0 Å². The number of likely N-dealkylation sites (tertiary alicyclic amines) is 1. The van der Waals surface area contributed by atoms with Crippen LogP contribution in [0.25, 0.3) is 10.9 Å². The van der Waals surface area contributed by atoms with Crippen LogP contribution in [-0.2, 0) is 40.0 Å². The van der Waals surface area contributed by atoms with Crippen LogP contribution in [0, 0.1) is 0 Å². The number of nitrogens with zero attached hydrogens (tertiary/aromatic N) is 1. The Morgan fingerprint density at radius 2 is 1.67 bits per heavy atom. The average Bonchev–Trinajstić information content (AvgIpc) is 3.57. The standard InChI is InChI=1S/C26H32N6O10/c27-15(9-21(34)35)25(40)32-7-3-6-19(32)24(39)31-17(10-22(36)37)23(38)29-12-20(33)30-18(26(41)42)8-13-11-28-16-5-2-1-4-14(13)16/h1-2,4-5,11,15,17-19,28H,3,6-10,12,27H2,(H,29,38)(H,30,33)(H,31,39)(H,34,35)(H,36,37)(H,41,42)/t15-,17-,18-,19-/m0/s1. The molecule has 9 N–H and O–H groups in total. The zero-order valence-corrected chi connectivity index (χ0v) is 22.4.